The quantitative estimate of drug-likeness (QED) is 0.576. The van der Waals surface area contributed by atoms with Crippen molar-refractivity contribution in [3.63, 3.8) is 0 Å². The number of nitrogens with zero attached hydrogens (tertiary/aromatic N) is 4. The largest absolute Gasteiger partial charge is 0.337 e. The Morgan fingerprint density at radius 3 is 2.57 bits per heavy atom. The Labute approximate surface area is 181 Å². The lowest BCUT2D eigenvalue weighted by Gasteiger charge is -2.26. The summed E-state index contributed by atoms with van der Waals surface area (Å²) in [5, 5.41) is 4.54. The van der Waals surface area contributed by atoms with Gasteiger partial charge in [-0.2, -0.15) is 4.98 Å². The number of piperidine rings is 1. The molecule has 1 saturated heterocycles. The van der Waals surface area contributed by atoms with Crippen molar-refractivity contribution in [3.05, 3.63) is 70.6 Å². The zero-order valence-electron chi connectivity index (χ0n) is 17.1. The van der Waals surface area contributed by atoms with Crippen LogP contribution in [0.3, 0.4) is 0 Å². The Morgan fingerprint density at radius 1 is 1.10 bits per heavy atom. The summed E-state index contributed by atoms with van der Waals surface area (Å²) in [6.07, 6.45) is 3.88. The highest BCUT2D eigenvalue weighted by molar-refractivity contribution is 6.33. The monoisotopic (exact) mass is 424 g/mol. The molecule has 0 aliphatic carbocycles. The van der Waals surface area contributed by atoms with Crippen LogP contribution < -0.4 is 0 Å². The molecule has 7 heteroatoms. The second-order valence-electron chi connectivity index (χ2n) is 7.69. The van der Waals surface area contributed by atoms with Crippen LogP contribution in [0.1, 0.15) is 41.1 Å². The van der Waals surface area contributed by atoms with Crippen LogP contribution in [0.2, 0.25) is 5.02 Å². The molecule has 6 nitrogen and oxygen atoms in total. The Morgan fingerprint density at radius 2 is 1.83 bits per heavy atom. The van der Waals surface area contributed by atoms with Crippen LogP contribution >= 0.6 is 11.6 Å². The van der Waals surface area contributed by atoms with Gasteiger partial charge in [-0.3, -0.25) is 9.69 Å². The summed E-state index contributed by atoms with van der Waals surface area (Å²) in [7, 11) is 1.73. The molecule has 0 N–H and O–H groups in total. The van der Waals surface area contributed by atoms with Gasteiger partial charge in [0.1, 0.15) is 0 Å². The van der Waals surface area contributed by atoms with Gasteiger partial charge in [-0.25, -0.2) is 0 Å². The Hall–Kier alpha value is -2.70. The fourth-order valence-corrected chi connectivity index (χ4v) is 3.91. The van der Waals surface area contributed by atoms with Gasteiger partial charge in [0.15, 0.2) is 0 Å². The van der Waals surface area contributed by atoms with Crippen molar-refractivity contribution in [2.24, 2.45) is 0 Å². The van der Waals surface area contributed by atoms with Gasteiger partial charge in [0.2, 0.25) is 11.7 Å². The Balaban J connectivity index is 1.37. The summed E-state index contributed by atoms with van der Waals surface area (Å²) in [6, 6.07) is 15.2. The van der Waals surface area contributed by atoms with Gasteiger partial charge in [-0.15, -0.1) is 0 Å². The first-order valence-electron chi connectivity index (χ1n) is 10.2. The van der Waals surface area contributed by atoms with Gasteiger partial charge in [0.25, 0.3) is 5.91 Å². The highest BCUT2D eigenvalue weighted by Crippen LogP contribution is 2.25. The van der Waals surface area contributed by atoms with Crippen LogP contribution in [0.25, 0.3) is 11.4 Å². The number of aromatic nitrogens is 2. The van der Waals surface area contributed by atoms with E-state index in [4.69, 9.17) is 16.1 Å². The van der Waals surface area contributed by atoms with E-state index in [1.807, 2.05) is 42.5 Å². The summed E-state index contributed by atoms with van der Waals surface area (Å²) < 4.78 is 5.32. The lowest BCUT2D eigenvalue weighted by Crippen LogP contribution is -2.29. The zero-order chi connectivity index (χ0) is 20.9. The lowest BCUT2D eigenvalue weighted by atomic mass is 10.1. The Kier molecular flexibility index (Phi) is 6.45. The second-order valence-corrected chi connectivity index (χ2v) is 8.09. The van der Waals surface area contributed by atoms with Crippen molar-refractivity contribution in [1.82, 2.24) is 19.9 Å². The average Bonchev–Trinajstić information content (AvgIpc) is 3.23. The molecular formula is C23H25ClN4O2. The van der Waals surface area contributed by atoms with Crippen molar-refractivity contribution in [1.29, 1.82) is 0 Å². The maximum Gasteiger partial charge on any atom is 0.254 e. The number of amides is 1. The van der Waals surface area contributed by atoms with Crippen LogP contribution in [-0.4, -0.2) is 46.0 Å². The maximum absolute atomic E-state index is 12.8. The number of carbonyl (C=O) groups excluding carboxylic acids is 1. The molecule has 2 heterocycles. The number of benzene rings is 2. The van der Waals surface area contributed by atoms with Gasteiger partial charge in [0, 0.05) is 24.7 Å². The van der Waals surface area contributed by atoms with Crippen LogP contribution in [0.5, 0.6) is 0 Å². The van der Waals surface area contributed by atoms with Gasteiger partial charge in [-0.1, -0.05) is 47.4 Å². The molecule has 4 rings (SSSR count). The van der Waals surface area contributed by atoms with Crippen molar-refractivity contribution in [3.8, 4) is 11.4 Å². The average molecular weight is 425 g/mol. The van der Waals surface area contributed by atoms with E-state index in [1.54, 1.807) is 18.0 Å². The molecule has 3 aromatic rings. The summed E-state index contributed by atoms with van der Waals surface area (Å²) in [5.41, 5.74) is 2.58. The minimum absolute atomic E-state index is 0.0861. The third kappa shape index (κ3) is 4.89. The molecule has 0 spiro atoms. The molecule has 0 atom stereocenters. The number of hydrogen-bond acceptors (Lipinski definition) is 5. The molecular weight excluding hydrogens is 400 g/mol. The number of halogens is 1. The van der Waals surface area contributed by atoms with E-state index < -0.39 is 0 Å². The molecule has 0 saturated carbocycles. The third-order valence-electron chi connectivity index (χ3n) is 5.36. The van der Waals surface area contributed by atoms with Gasteiger partial charge < -0.3 is 9.42 Å². The fourth-order valence-electron chi connectivity index (χ4n) is 3.69. The van der Waals surface area contributed by atoms with Crippen molar-refractivity contribution in [2.45, 2.75) is 32.4 Å². The lowest BCUT2D eigenvalue weighted by molar-refractivity contribution is 0.0769. The van der Waals surface area contributed by atoms with Gasteiger partial charge in [0.05, 0.1) is 11.6 Å². The first kappa shape index (κ1) is 20.6. The number of likely N-dealkylation sites (tertiary alicyclic amines) is 1. The van der Waals surface area contributed by atoms with Crippen molar-refractivity contribution in [2.75, 3.05) is 20.1 Å². The minimum atomic E-state index is -0.0861. The smallest absolute Gasteiger partial charge is 0.254 e. The molecule has 1 amide bonds. The minimum Gasteiger partial charge on any atom is -0.337 e. The van der Waals surface area contributed by atoms with Crippen molar-refractivity contribution < 1.29 is 9.32 Å². The SMILES string of the molecule is CN(Cc1nc(-c2ccccc2Cl)no1)C(=O)c1ccc(CN2CCCCC2)cc1. The molecule has 1 aliphatic heterocycles. The van der Waals surface area contributed by atoms with E-state index in [0.29, 0.717) is 27.9 Å². The van der Waals surface area contributed by atoms with E-state index in [0.717, 1.165) is 19.6 Å². The summed E-state index contributed by atoms with van der Waals surface area (Å²) in [5.74, 6) is 0.693. The zero-order valence-corrected chi connectivity index (χ0v) is 17.8. The third-order valence-corrected chi connectivity index (χ3v) is 5.69. The first-order chi connectivity index (χ1) is 14.6. The van der Waals surface area contributed by atoms with Crippen LogP contribution in [0, 0.1) is 0 Å². The van der Waals surface area contributed by atoms with E-state index in [1.165, 1.54) is 24.8 Å². The predicted octanol–water partition coefficient (Wildman–Crippen LogP) is 4.65. The highest BCUT2D eigenvalue weighted by Gasteiger charge is 2.17. The van der Waals surface area contributed by atoms with Crippen LogP contribution in [0.15, 0.2) is 53.1 Å². The van der Waals surface area contributed by atoms with E-state index >= 15 is 0 Å². The summed E-state index contributed by atoms with van der Waals surface area (Å²) in [6.45, 7) is 3.48. The molecule has 1 fully saturated rings. The number of carbonyl (C=O) groups is 1. The molecule has 0 radical (unpaired) electrons. The summed E-state index contributed by atoms with van der Waals surface area (Å²) in [4.78, 5) is 21.2. The Bertz CT molecular complexity index is 996. The van der Waals surface area contributed by atoms with E-state index in [2.05, 4.69) is 15.0 Å². The molecule has 1 aromatic heterocycles. The number of hydrogen-bond donors (Lipinski definition) is 0. The molecule has 30 heavy (non-hydrogen) atoms. The maximum atomic E-state index is 12.8. The molecule has 2 aromatic carbocycles. The van der Waals surface area contributed by atoms with Crippen LogP contribution in [-0.2, 0) is 13.1 Å². The van der Waals surface area contributed by atoms with Crippen LogP contribution in [0.4, 0.5) is 0 Å². The summed E-state index contributed by atoms with van der Waals surface area (Å²) >= 11 is 6.19. The first-order valence-corrected chi connectivity index (χ1v) is 10.6. The predicted molar refractivity (Wildman–Crippen MR) is 116 cm³/mol. The molecule has 156 valence electrons. The van der Waals surface area contributed by atoms with Gasteiger partial charge in [-0.05, 0) is 55.8 Å². The van der Waals surface area contributed by atoms with E-state index in [-0.39, 0.29) is 12.5 Å². The second kappa shape index (κ2) is 9.41. The molecule has 0 unspecified atom stereocenters. The molecule has 1 aliphatic rings. The molecule has 0 bridgehead atoms. The number of rotatable bonds is 6. The topological polar surface area (TPSA) is 62.5 Å². The fraction of sp³-hybridized carbons (Fsp3) is 0.348. The van der Waals surface area contributed by atoms with Gasteiger partial charge >= 0.3 is 0 Å². The highest BCUT2D eigenvalue weighted by atomic mass is 35.5. The normalized spacial score (nSPS) is 14.6. The van der Waals surface area contributed by atoms with Crippen molar-refractivity contribution >= 4 is 17.5 Å². The van der Waals surface area contributed by atoms with E-state index in [9.17, 15) is 4.79 Å². The standard InChI is InChI=1S/C23H25ClN4O2/c1-27(16-21-25-22(26-30-21)19-7-3-4-8-20(19)24)23(29)18-11-9-17(10-12-18)15-28-13-5-2-6-14-28/h3-4,7-12H,2,5-6,13-16H2,1H3.